The highest BCUT2D eigenvalue weighted by Crippen LogP contribution is 2.38. The minimum atomic E-state index is -0.239. The van der Waals surface area contributed by atoms with Crippen LogP contribution >= 0.6 is 23.2 Å². The topological polar surface area (TPSA) is 122 Å². The first kappa shape index (κ1) is 36.4. The molecule has 4 aromatic carbocycles. The number of nitrogens with one attached hydrogen (secondary N) is 3. The largest absolute Gasteiger partial charge is 0.487 e. The molecule has 2 aliphatic heterocycles. The quantitative estimate of drug-likeness (QED) is 0.112. The summed E-state index contributed by atoms with van der Waals surface area (Å²) < 4.78 is 20.2. The van der Waals surface area contributed by atoms with Gasteiger partial charge >= 0.3 is 0 Å². The van der Waals surface area contributed by atoms with E-state index in [1.54, 1.807) is 30.3 Å². The van der Waals surface area contributed by atoms with Crippen molar-refractivity contribution in [3.63, 3.8) is 0 Å². The Balaban J connectivity index is 1.01. The molecule has 0 bridgehead atoms. The molecular formula is C43H38Cl2N6O4. The number of carbonyl (C=O) groups excluding carboxylic acids is 1. The van der Waals surface area contributed by atoms with Gasteiger partial charge in [0.1, 0.15) is 30.3 Å². The maximum absolute atomic E-state index is 13.2. The summed E-state index contributed by atoms with van der Waals surface area (Å²) in [6.45, 7) is 3.82. The Hall–Kier alpha value is -5.57. The summed E-state index contributed by atoms with van der Waals surface area (Å²) in [5.74, 6) is 0.774. The molecule has 0 radical (unpaired) electrons. The molecule has 2 aromatic heterocycles. The summed E-state index contributed by atoms with van der Waals surface area (Å²) in [4.78, 5) is 17.8. The minimum Gasteiger partial charge on any atom is -0.487 e. The number of anilines is 3. The molecule has 1 amide bonds. The third-order valence-corrected chi connectivity index (χ3v) is 10.3. The van der Waals surface area contributed by atoms with Crippen LogP contribution in [0.5, 0.6) is 11.5 Å². The number of hydrogen-bond acceptors (Lipinski definition) is 8. The smallest absolute Gasteiger partial charge is 0.248 e. The number of fused-ring (bicyclic) bond motifs is 2. The lowest BCUT2D eigenvalue weighted by Gasteiger charge is -2.19. The second-order valence-electron chi connectivity index (χ2n) is 13.7. The number of piperidine rings is 1. The SMILES string of the molecule is N#Cc1cnc2cc(OC3CCOC3)c(NC(=O)C=C3CCNCC3)cc2c1Nc1ccc(OCc2ccc3c(ccn3Cc3cccc(Cl)c3)c2)c(Cl)c1. The molecule has 2 fully saturated rings. The van der Waals surface area contributed by atoms with E-state index in [4.69, 9.17) is 37.4 Å². The van der Waals surface area contributed by atoms with E-state index in [9.17, 15) is 10.1 Å². The Morgan fingerprint density at radius 1 is 1.04 bits per heavy atom. The van der Waals surface area contributed by atoms with Gasteiger partial charge in [-0.15, -0.1) is 0 Å². The molecule has 6 aromatic rings. The zero-order valence-electron chi connectivity index (χ0n) is 29.9. The first-order valence-corrected chi connectivity index (χ1v) is 19.0. The summed E-state index contributed by atoms with van der Waals surface area (Å²) in [5.41, 5.74) is 6.92. The van der Waals surface area contributed by atoms with Crippen LogP contribution in [0.4, 0.5) is 17.1 Å². The van der Waals surface area contributed by atoms with Crippen LogP contribution in [-0.4, -0.2) is 47.9 Å². The molecular weight excluding hydrogens is 735 g/mol. The predicted molar refractivity (Wildman–Crippen MR) is 217 cm³/mol. The molecule has 8 rings (SSSR count). The Morgan fingerprint density at radius 2 is 1.93 bits per heavy atom. The summed E-state index contributed by atoms with van der Waals surface area (Å²) >= 11 is 13.0. The molecule has 10 nitrogen and oxygen atoms in total. The molecule has 55 heavy (non-hydrogen) atoms. The molecule has 1 atom stereocenters. The molecule has 2 saturated heterocycles. The van der Waals surface area contributed by atoms with E-state index in [1.807, 2.05) is 24.3 Å². The molecule has 278 valence electrons. The zero-order chi connectivity index (χ0) is 37.7. The number of carbonyl (C=O) groups is 1. The van der Waals surface area contributed by atoms with Gasteiger partial charge in [0.15, 0.2) is 0 Å². The van der Waals surface area contributed by atoms with Gasteiger partial charge in [0.25, 0.3) is 0 Å². The fraction of sp³-hybridized carbons (Fsp3) is 0.233. The summed E-state index contributed by atoms with van der Waals surface area (Å²) in [5, 5.41) is 22.7. The summed E-state index contributed by atoms with van der Waals surface area (Å²) in [6.07, 6.45) is 7.50. The van der Waals surface area contributed by atoms with Crippen LogP contribution in [0.15, 0.2) is 103 Å². The molecule has 12 heteroatoms. The van der Waals surface area contributed by atoms with Gasteiger partial charge in [0, 0.05) is 59.1 Å². The molecule has 4 heterocycles. The van der Waals surface area contributed by atoms with Gasteiger partial charge < -0.3 is 34.7 Å². The standard InChI is InChI=1S/C43H38Cl2N6O4/c44-32-3-1-2-28(17-32)24-51-14-10-30-16-29(4-6-39(30)51)25-54-40-7-5-33(19-36(40)45)49-43-31(22-46)23-48-37-21-41(55-34-11-15-53-26-34)38(20-35(37)43)50-42(52)18-27-8-12-47-13-9-27/h1-7,10,14,16-21,23,34,47H,8-9,11-13,15,24-26H2,(H,48,49)(H,50,52). The van der Waals surface area contributed by atoms with Crippen molar-refractivity contribution in [2.75, 3.05) is 36.9 Å². The summed E-state index contributed by atoms with van der Waals surface area (Å²) in [7, 11) is 0. The van der Waals surface area contributed by atoms with Gasteiger partial charge in [0.2, 0.25) is 5.91 Å². The third kappa shape index (κ3) is 8.56. The Bertz CT molecular complexity index is 2460. The van der Waals surface area contributed by atoms with Gasteiger partial charge in [-0.05, 0) is 97.0 Å². The highest BCUT2D eigenvalue weighted by Gasteiger charge is 2.22. The highest BCUT2D eigenvalue weighted by atomic mass is 35.5. The fourth-order valence-corrected chi connectivity index (χ4v) is 7.42. The normalized spacial score (nSPS) is 15.5. The molecule has 3 N–H and O–H groups in total. The van der Waals surface area contributed by atoms with Crippen molar-refractivity contribution >= 4 is 68.0 Å². The van der Waals surface area contributed by atoms with Crippen molar-refractivity contribution in [2.45, 2.75) is 38.5 Å². The van der Waals surface area contributed by atoms with Crippen molar-refractivity contribution < 1.29 is 19.0 Å². The van der Waals surface area contributed by atoms with Crippen LogP contribution in [0, 0.1) is 11.3 Å². The number of aromatic nitrogens is 2. The van der Waals surface area contributed by atoms with Gasteiger partial charge in [-0.2, -0.15) is 5.26 Å². The number of ether oxygens (including phenoxy) is 3. The van der Waals surface area contributed by atoms with Crippen LogP contribution in [0.25, 0.3) is 21.8 Å². The monoisotopic (exact) mass is 772 g/mol. The molecule has 0 spiro atoms. The van der Waals surface area contributed by atoms with Gasteiger partial charge in [-0.1, -0.05) is 47.0 Å². The van der Waals surface area contributed by atoms with Crippen LogP contribution < -0.4 is 25.4 Å². The van der Waals surface area contributed by atoms with E-state index in [-0.39, 0.29) is 12.0 Å². The number of amides is 1. The van der Waals surface area contributed by atoms with Crippen molar-refractivity contribution in [1.29, 1.82) is 5.26 Å². The fourth-order valence-electron chi connectivity index (χ4n) is 6.98. The maximum Gasteiger partial charge on any atom is 0.248 e. The van der Waals surface area contributed by atoms with Crippen molar-refractivity contribution in [3.05, 3.63) is 130 Å². The van der Waals surface area contributed by atoms with E-state index in [1.165, 1.54) is 6.20 Å². The maximum atomic E-state index is 13.2. The van der Waals surface area contributed by atoms with Gasteiger partial charge in [-0.25, -0.2) is 0 Å². The lowest BCUT2D eigenvalue weighted by molar-refractivity contribution is -0.112. The Kier molecular flexibility index (Phi) is 10.9. The number of halogens is 2. The van der Waals surface area contributed by atoms with Crippen LogP contribution in [0.2, 0.25) is 10.0 Å². The minimum absolute atomic E-state index is 0.148. The molecule has 2 aliphatic rings. The van der Waals surface area contributed by atoms with Gasteiger partial charge in [-0.3, -0.25) is 9.78 Å². The number of benzene rings is 4. The zero-order valence-corrected chi connectivity index (χ0v) is 31.4. The number of nitriles is 1. The number of rotatable bonds is 11. The van der Waals surface area contributed by atoms with Gasteiger partial charge in [0.05, 0.1) is 40.7 Å². The van der Waals surface area contributed by atoms with E-state index in [2.05, 4.69) is 68.1 Å². The average molecular weight is 774 g/mol. The first-order valence-electron chi connectivity index (χ1n) is 18.2. The van der Waals surface area contributed by atoms with Crippen LogP contribution in [0.1, 0.15) is 36.0 Å². The second kappa shape index (κ2) is 16.4. The number of pyridine rings is 1. The Morgan fingerprint density at radius 3 is 2.73 bits per heavy atom. The van der Waals surface area contributed by atoms with E-state index >= 15 is 0 Å². The van der Waals surface area contributed by atoms with E-state index in [0.29, 0.717) is 69.9 Å². The van der Waals surface area contributed by atoms with Crippen LogP contribution in [0.3, 0.4) is 0 Å². The van der Waals surface area contributed by atoms with E-state index < -0.39 is 0 Å². The lowest BCUT2D eigenvalue weighted by Crippen LogP contribution is -2.24. The third-order valence-electron chi connectivity index (χ3n) is 9.78. The predicted octanol–water partition coefficient (Wildman–Crippen LogP) is 9.15. The van der Waals surface area contributed by atoms with Crippen molar-refractivity contribution in [2.24, 2.45) is 0 Å². The highest BCUT2D eigenvalue weighted by molar-refractivity contribution is 6.32. The molecule has 1 unspecified atom stereocenters. The van der Waals surface area contributed by atoms with Crippen LogP contribution in [-0.2, 0) is 22.7 Å². The number of nitrogens with zero attached hydrogens (tertiary/aromatic N) is 3. The summed E-state index contributed by atoms with van der Waals surface area (Å²) in [6, 6.07) is 27.5. The van der Waals surface area contributed by atoms with Crippen molar-refractivity contribution in [3.8, 4) is 17.6 Å². The lowest BCUT2D eigenvalue weighted by atomic mass is 10.0. The molecule has 0 saturated carbocycles. The first-order chi connectivity index (χ1) is 26.9. The second-order valence-corrected chi connectivity index (χ2v) is 14.5. The number of hydrogen-bond donors (Lipinski definition) is 3. The Labute approximate surface area is 328 Å². The average Bonchev–Trinajstić information content (AvgIpc) is 3.85. The molecule has 0 aliphatic carbocycles. The van der Waals surface area contributed by atoms with E-state index in [0.717, 1.165) is 71.5 Å². The van der Waals surface area contributed by atoms with Crippen molar-refractivity contribution in [1.82, 2.24) is 14.9 Å².